The molecular formula is C24H43F5O7S. The van der Waals surface area contributed by atoms with Gasteiger partial charge in [-0.05, 0) is 25.7 Å². The van der Waals surface area contributed by atoms with E-state index in [2.05, 4.69) is 4.18 Å². The van der Waals surface area contributed by atoms with Gasteiger partial charge in [-0.2, -0.15) is 21.6 Å². The summed E-state index contributed by atoms with van der Waals surface area (Å²) in [7, 11) is -6.37. The summed E-state index contributed by atoms with van der Waals surface area (Å²) in [6.07, 6.45) is -2.36. The molecule has 222 valence electrons. The summed E-state index contributed by atoms with van der Waals surface area (Å²) in [5, 5.41) is 0. The average Bonchev–Trinajstić information content (AvgIpc) is 2.81. The van der Waals surface area contributed by atoms with E-state index in [0.29, 0.717) is 44.9 Å². The van der Waals surface area contributed by atoms with Gasteiger partial charge in [0.2, 0.25) is 0 Å². The zero-order valence-corrected chi connectivity index (χ0v) is 23.1. The Hall–Kier alpha value is -0.600. The number of hydrogen-bond donors (Lipinski definition) is 0. The van der Waals surface area contributed by atoms with Gasteiger partial charge in [0.1, 0.15) is 12.2 Å². The number of hydrogen-bond acceptors (Lipinski definition) is 7. The summed E-state index contributed by atoms with van der Waals surface area (Å²) in [6.45, 7) is 7.14. The van der Waals surface area contributed by atoms with Crippen LogP contribution in [-0.2, 0) is 33.2 Å². The third-order valence-corrected chi connectivity index (χ3v) is 7.12. The molecule has 0 heterocycles. The lowest BCUT2D eigenvalue weighted by Crippen LogP contribution is -2.68. The Morgan fingerprint density at radius 2 is 1.14 bits per heavy atom. The molecule has 7 nitrogen and oxygen atoms in total. The smallest absolute Gasteiger partial charge is 0.381 e. The SMILES string of the molecule is CCCCOC[C@@H]1[C@@H](OCCCC)[C@H](OCCCC)[C@@H](OCCCC)[C@H](OS(=O)(=O)C(F)(F)F)C1(F)F. The van der Waals surface area contributed by atoms with Gasteiger partial charge in [0.25, 0.3) is 5.92 Å². The van der Waals surface area contributed by atoms with Crippen molar-refractivity contribution in [1.29, 1.82) is 0 Å². The molecule has 1 aliphatic carbocycles. The second-order valence-electron chi connectivity index (χ2n) is 9.19. The molecule has 37 heavy (non-hydrogen) atoms. The first kappa shape index (κ1) is 34.4. The summed E-state index contributed by atoms with van der Waals surface area (Å²) in [5.41, 5.74) is -5.89. The quantitative estimate of drug-likeness (QED) is 0.0833. The van der Waals surface area contributed by atoms with Crippen molar-refractivity contribution in [2.75, 3.05) is 33.0 Å². The minimum absolute atomic E-state index is 0.0934. The van der Waals surface area contributed by atoms with E-state index in [0.717, 1.165) is 6.42 Å². The molecule has 0 saturated heterocycles. The van der Waals surface area contributed by atoms with Crippen molar-refractivity contribution in [3.63, 3.8) is 0 Å². The molecule has 0 aromatic rings. The van der Waals surface area contributed by atoms with E-state index in [1.165, 1.54) is 0 Å². The molecule has 1 fully saturated rings. The minimum Gasteiger partial charge on any atom is -0.381 e. The maximum Gasteiger partial charge on any atom is 0.523 e. The molecule has 0 aliphatic heterocycles. The molecule has 1 rings (SSSR count). The zero-order valence-electron chi connectivity index (χ0n) is 22.2. The van der Waals surface area contributed by atoms with Crippen molar-refractivity contribution in [2.24, 2.45) is 5.92 Å². The van der Waals surface area contributed by atoms with Crippen LogP contribution in [0.1, 0.15) is 79.1 Å². The van der Waals surface area contributed by atoms with E-state index >= 15 is 8.78 Å². The van der Waals surface area contributed by atoms with Gasteiger partial charge in [0.05, 0.1) is 18.6 Å². The third-order valence-electron chi connectivity index (χ3n) is 6.09. The highest BCUT2D eigenvalue weighted by Crippen LogP contribution is 2.46. The van der Waals surface area contributed by atoms with Crippen LogP contribution in [0.3, 0.4) is 0 Å². The van der Waals surface area contributed by atoms with Gasteiger partial charge in [-0.1, -0.05) is 53.4 Å². The fourth-order valence-electron chi connectivity index (χ4n) is 3.88. The van der Waals surface area contributed by atoms with Crippen LogP contribution in [0.25, 0.3) is 0 Å². The van der Waals surface area contributed by atoms with Crippen LogP contribution in [0, 0.1) is 5.92 Å². The summed E-state index contributed by atoms with van der Waals surface area (Å²) >= 11 is 0. The van der Waals surface area contributed by atoms with Gasteiger partial charge in [-0.25, -0.2) is 8.78 Å². The minimum atomic E-state index is -6.37. The Morgan fingerprint density at radius 3 is 1.59 bits per heavy atom. The van der Waals surface area contributed by atoms with E-state index < -0.39 is 58.5 Å². The Bertz CT molecular complexity index is 721. The topological polar surface area (TPSA) is 80.3 Å². The predicted molar refractivity (Wildman–Crippen MR) is 128 cm³/mol. The first-order chi connectivity index (χ1) is 17.4. The average molecular weight is 571 g/mol. The molecular weight excluding hydrogens is 527 g/mol. The molecule has 0 N–H and O–H groups in total. The zero-order chi connectivity index (χ0) is 28.1. The maximum absolute atomic E-state index is 16.0. The number of unbranched alkanes of at least 4 members (excludes halogenated alkanes) is 4. The summed E-state index contributed by atoms with van der Waals surface area (Å²) in [4.78, 5) is 0. The van der Waals surface area contributed by atoms with Crippen LogP contribution in [0.4, 0.5) is 22.0 Å². The van der Waals surface area contributed by atoms with Gasteiger partial charge in [-0.3, -0.25) is 4.18 Å². The van der Waals surface area contributed by atoms with Crippen molar-refractivity contribution in [3.05, 3.63) is 0 Å². The second-order valence-corrected chi connectivity index (χ2v) is 10.8. The number of ether oxygens (including phenoxy) is 4. The van der Waals surface area contributed by atoms with E-state index in [-0.39, 0.29) is 26.4 Å². The lowest BCUT2D eigenvalue weighted by atomic mass is 9.77. The summed E-state index contributed by atoms with van der Waals surface area (Å²) in [5.74, 6) is -5.93. The van der Waals surface area contributed by atoms with Gasteiger partial charge < -0.3 is 18.9 Å². The molecule has 5 atom stereocenters. The lowest BCUT2D eigenvalue weighted by Gasteiger charge is -2.49. The Balaban J connectivity index is 3.55. The standard InChI is InChI=1S/C24H43F5O7S/c1-5-9-13-32-17-18-19(33-14-10-6-2)20(34-15-11-7-3)21(35-16-12-8-4)22(23(18,25)26)36-37(30,31)24(27,28)29/h18-22H,5-17H2,1-4H3/t18-,19-,20+,21-,22+/m1/s1. The summed E-state index contributed by atoms with van der Waals surface area (Å²) < 4.78 is 123. The molecule has 0 spiro atoms. The number of rotatable bonds is 19. The normalized spacial score (nSPS) is 26.5. The van der Waals surface area contributed by atoms with Crippen LogP contribution in [-0.4, -0.2) is 77.3 Å². The van der Waals surface area contributed by atoms with E-state index in [1.807, 2.05) is 27.7 Å². The van der Waals surface area contributed by atoms with Crippen molar-refractivity contribution < 1.29 is 53.5 Å². The van der Waals surface area contributed by atoms with Crippen LogP contribution in [0.2, 0.25) is 0 Å². The molecule has 0 radical (unpaired) electrons. The maximum atomic E-state index is 16.0. The van der Waals surface area contributed by atoms with Crippen LogP contribution in [0.15, 0.2) is 0 Å². The van der Waals surface area contributed by atoms with Gasteiger partial charge >= 0.3 is 15.6 Å². The van der Waals surface area contributed by atoms with Gasteiger partial charge in [0.15, 0.2) is 6.10 Å². The van der Waals surface area contributed by atoms with Crippen molar-refractivity contribution in [1.82, 2.24) is 0 Å². The van der Waals surface area contributed by atoms with Gasteiger partial charge in [0, 0.05) is 26.4 Å². The van der Waals surface area contributed by atoms with E-state index in [1.54, 1.807) is 0 Å². The molecule has 0 aromatic carbocycles. The number of halogens is 5. The molecule has 1 saturated carbocycles. The Kier molecular flexibility index (Phi) is 15.3. The first-order valence-corrected chi connectivity index (χ1v) is 14.6. The lowest BCUT2D eigenvalue weighted by molar-refractivity contribution is -0.293. The molecule has 0 unspecified atom stereocenters. The Labute approximate surface area is 217 Å². The van der Waals surface area contributed by atoms with Crippen LogP contribution in [0.5, 0.6) is 0 Å². The highest BCUT2D eigenvalue weighted by molar-refractivity contribution is 7.87. The number of alkyl halides is 5. The molecule has 0 bridgehead atoms. The van der Waals surface area contributed by atoms with Gasteiger partial charge in [-0.15, -0.1) is 0 Å². The van der Waals surface area contributed by atoms with Crippen molar-refractivity contribution in [2.45, 2.75) is 115 Å². The third kappa shape index (κ3) is 10.1. The van der Waals surface area contributed by atoms with Crippen LogP contribution >= 0.6 is 0 Å². The second kappa shape index (κ2) is 16.5. The largest absolute Gasteiger partial charge is 0.523 e. The first-order valence-electron chi connectivity index (χ1n) is 13.2. The fourth-order valence-corrected chi connectivity index (χ4v) is 4.50. The highest BCUT2D eigenvalue weighted by Gasteiger charge is 2.66. The molecule has 0 aromatic heterocycles. The molecule has 13 heteroatoms. The highest BCUT2D eigenvalue weighted by atomic mass is 32.2. The fraction of sp³-hybridized carbons (Fsp3) is 1.00. The molecule has 0 amide bonds. The predicted octanol–water partition coefficient (Wildman–Crippen LogP) is 5.86. The Morgan fingerprint density at radius 1 is 0.703 bits per heavy atom. The molecule has 1 aliphatic rings. The van der Waals surface area contributed by atoms with Crippen LogP contribution < -0.4 is 0 Å². The monoisotopic (exact) mass is 570 g/mol. The van der Waals surface area contributed by atoms with E-state index in [4.69, 9.17) is 18.9 Å². The van der Waals surface area contributed by atoms with Crippen molar-refractivity contribution in [3.8, 4) is 0 Å². The summed E-state index contributed by atoms with van der Waals surface area (Å²) in [6, 6.07) is 0. The van der Waals surface area contributed by atoms with E-state index in [9.17, 15) is 21.6 Å². The van der Waals surface area contributed by atoms with Crippen molar-refractivity contribution >= 4 is 10.1 Å².